The summed E-state index contributed by atoms with van der Waals surface area (Å²) in [6.07, 6.45) is 2.94. The average molecular weight is 723 g/mol. The van der Waals surface area contributed by atoms with Gasteiger partial charge in [-0.25, -0.2) is 19.9 Å². The van der Waals surface area contributed by atoms with Crippen molar-refractivity contribution >= 4 is 33.2 Å². The number of rotatable bonds is 5. The zero-order chi connectivity index (χ0) is 37.5. The van der Waals surface area contributed by atoms with Crippen LogP contribution in [0.3, 0.4) is 0 Å². The number of furan rings is 1. The summed E-state index contributed by atoms with van der Waals surface area (Å²) in [5.41, 5.74) is 14.6. The summed E-state index contributed by atoms with van der Waals surface area (Å²) in [6, 6.07) is 47.4. The molecule has 6 heteroatoms. The second-order valence-corrected chi connectivity index (χ2v) is 15.1. The summed E-state index contributed by atoms with van der Waals surface area (Å²) >= 11 is 0. The zero-order valence-corrected chi connectivity index (χ0v) is 30.9. The molecule has 0 aliphatic heterocycles. The molecule has 0 saturated carbocycles. The molecule has 0 atom stereocenters. The van der Waals surface area contributed by atoms with E-state index in [0.717, 1.165) is 83.5 Å². The van der Waals surface area contributed by atoms with E-state index in [1.165, 1.54) is 11.1 Å². The molecular formula is C50H34N4O2. The van der Waals surface area contributed by atoms with Crippen molar-refractivity contribution in [2.75, 3.05) is 0 Å². The molecule has 6 nitrogen and oxygen atoms in total. The first-order chi connectivity index (χ1) is 27.4. The van der Waals surface area contributed by atoms with Crippen molar-refractivity contribution in [1.82, 2.24) is 19.9 Å². The summed E-state index contributed by atoms with van der Waals surface area (Å²) < 4.78 is 13.6. The monoisotopic (exact) mass is 722 g/mol. The van der Waals surface area contributed by atoms with E-state index in [2.05, 4.69) is 62.9 Å². The van der Waals surface area contributed by atoms with E-state index in [-0.39, 0.29) is 5.41 Å². The van der Waals surface area contributed by atoms with Crippen LogP contribution in [0, 0.1) is 0 Å². The van der Waals surface area contributed by atoms with Crippen molar-refractivity contribution in [2.45, 2.75) is 25.7 Å². The molecule has 9 aromatic rings. The van der Waals surface area contributed by atoms with Gasteiger partial charge in [-0.2, -0.15) is 0 Å². The number of fused-ring (bicyclic) bond motifs is 8. The Labute approximate surface area is 323 Å². The topological polar surface area (TPSA) is 77.8 Å². The van der Waals surface area contributed by atoms with Gasteiger partial charge in [-0.1, -0.05) is 136 Å². The number of allylic oxidation sites excluding steroid dienone is 2. The lowest BCUT2D eigenvalue weighted by atomic mass is 9.81. The SMILES string of the molecule is C=C1CC=C(c2ccc3c(c2)-c2c(ccc4nc(-c5ccccc5)oc24)C3(C)C)c2oc3c(-c4nc(-c5ccccc5)nc(-c5ccccc5)n4)cccc3c21. The van der Waals surface area contributed by atoms with E-state index in [1.807, 2.05) is 103 Å². The van der Waals surface area contributed by atoms with Crippen molar-refractivity contribution in [2.24, 2.45) is 0 Å². The quantitative estimate of drug-likeness (QED) is 0.176. The predicted octanol–water partition coefficient (Wildman–Crippen LogP) is 12.6. The Morgan fingerprint density at radius 1 is 0.536 bits per heavy atom. The van der Waals surface area contributed by atoms with Gasteiger partial charge in [0.15, 0.2) is 23.1 Å². The van der Waals surface area contributed by atoms with Gasteiger partial charge in [0.2, 0.25) is 5.89 Å². The van der Waals surface area contributed by atoms with Gasteiger partial charge >= 0.3 is 0 Å². The van der Waals surface area contributed by atoms with E-state index >= 15 is 0 Å². The van der Waals surface area contributed by atoms with Gasteiger partial charge in [0.25, 0.3) is 0 Å². The number of para-hydroxylation sites is 1. The second kappa shape index (κ2) is 12.2. The first-order valence-electron chi connectivity index (χ1n) is 18.9. The molecule has 0 radical (unpaired) electrons. The fourth-order valence-electron chi connectivity index (χ4n) is 8.53. The lowest BCUT2D eigenvalue weighted by molar-refractivity contribution is 0.598. The molecule has 3 aromatic heterocycles. The first-order valence-corrected chi connectivity index (χ1v) is 18.9. The molecule has 2 aliphatic carbocycles. The maximum atomic E-state index is 7.00. The lowest BCUT2D eigenvalue weighted by Crippen LogP contribution is -2.14. The smallest absolute Gasteiger partial charge is 0.227 e. The van der Waals surface area contributed by atoms with Gasteiger partial charge in [-0.3, -0.25) is 0 Å². The fourth-order valence-corrected chi connectivity index (χ4v) is 8.53. The minimum absolute atomic E-state index is 0.215. The molecule has 0 amide bonds. The minimum Gasteiger partial charge on any atom is -0.455 e. The third-order valence-electron chi connectivity index (χ3n) is 11.3. The highest BCUT2D eigenvalue weighted by molar-refractivity contribution is 6.06. The number of hydrogen-bond donors (Lipinski definition) is 0. The summed E-state index contributed by atoms with van der Waals surface area (Å²) in [4.78, 5) is 19.9. The Morgan fingerprint density at radius 2 is 1.18 bits per heavy atom. The number of nitrogens with zero attached hydrogens (tertiary/aromatic N) is 4. The van der Waals surface area contributed by atoms with Crippen LogP contribution in [0.25, 0.3) is 90.0 Å². The number of hydrogen-bond acceptors (Lipinski definition) is 6. The van der Waals surface area contributed by atoms with Crippen LogP contribution in [0.5, 0.6) is 0 Å². The fraction of sp³-hybridized carbons (Fsp3) is 0.0800. The Kier molecular flexibility index (Phi) is 7.01. The van der Waals surface area contributed by atoms with Gasteiger partial charge in [-0.05, 0) is 64.6 Å². The molecule has 11 rings (SSSR count). The number of benzene rings is 6. The molecular weight excluding hydrogens is 689 g/mol. The van der Waals surface area contributed by atoms with Crippen LogP contribution in [0.2, 0.25) is 0 Å². The highest BCUT2D eigenvalue weighted by Crippen LogP contribution is 2.53. The van der Waals surface area contributed by atoms with Crippen LogP contribution in [0.4, 0.5) is 0 Å². The molecule has 0 unspecified atom stereocenters. The molecule has 2 aliphatic rings. The maximum Gasteiger partial charge on any atom is 0.227 e. The average Bonchev–Trinajstić information content (AvgIpc) is 3.93. The third-order valence-corrected chi connectivity index (χ3v) is 11.3. The number of aromatic nitrogens is 4. The molecule has 6 aromatic carbocycles. The van der Waals surface area contributed by atoms with Crippen molar-refractivity contribution in [3.63, 3.8) is 0 Å². The van der Waals surface area contributed by atoms with Crippen LogP contribution < -0.4 is 0 Å². The molecule has 56 heavy (non-hydrogen) atoms. The van der Waals surface area contributed by atoms with Crippen molar-refractivity contribution in [3.05, 3.63) is 180 Å². The van der Waals surface area contributed by atoms with Gasteiger partial charge in [0.1, 0.15) is 16.9 Å². The summed E-state index contributed by atoms with van der Waals surface area (Å²) in [5.74, 6) is 3.17. The largest absolute Gasteiger partial charge is 0.455 e. The van der Waals surface area contributed by atoms with Gasteiger partial charge in [-0.15, -0.1) is 0 Å². The predicted molar refractivity (Wildman–Crippen MR) is 224 cm³/mol. The van der Waals surface area contributed by atoms with Crippen molar-refractivity contribution in [1.29, 1.82) is 0 Å². The van der Waals surface area contributed by atoms with Gasteiger partial charge < -0.3 is 8.83 Å². The molecule has 266 valence electrons. The summed E-state index contributed by atoms with van der Waals surface area (Å²) in [7, 11) is 0. The van der Waals surface area contributed by atoms with Crippen LogP contribution >= 0.6 is 0 Å². The highest BCUT2D eigenvalue weighted by Gasteiger charge is 2.38. The molecule has 0 N–H and O–H groups in total. The van der Waals surface area contributed by atoms with Crippen molar-refractivity contribution < 1.29 is 8.83 Å². The molecule has 0 bridgehead atoms. The zero-order valence-electron chi connectivity index (χ0n) is 30.9. The molecule has 0 fully saturated rings. The normalized spacial score (nSPS) is 14.1. The summed E-state index contributed by atoms with van der Waals surface area (Å²) in [5, 5.41) is 0.987. The van der Waals surface area contributed by atoms with E-state index < -0.39 is 0 Å². The van der Waals surface area contributed by atoms with Crippen molar-refractivity contribution in [3.8, 4) is 56.7 Å². The Balaban J connectivity index is 1.07. The maximum absolute atomic E-state index is 7.00. The molecule has 0 saturated heterocycles. The van der Waals surface area contributed by atoms with Crippen LogP contribution in [0.15, 0.2) is 161 Å². The Morgan fingerprint density at radius 3 is 1.88 bits per heavy atom. The number of oxazole rings is 1. The van der Waals surface area contributed by atoms with E-state index in [9.17, 15) is 0 Å². The Bertz CT molecular complexity index is 3030. The van der Waals surface area contributed by atoms with Gasteiger partial charge in [0, 0.05) is 44.2 Å². The lowest BCUT2D eigenvalue weighted by Gasteiger charge is -2.21. The van der Waals surface area contributed by atoms with E-state index in [1.54, 1.807) is 0 Å². The van der Waals surface area contributed by atoms with Crippen LogP contribution in [0.1, 0.15) is 48.3 Å². The Hall–Kier alpha value is -7.18. The highest BCUT2D eigenvalue weighted by atomic mass is 16.3. The second-order valence-electron chi connectivity index (χ2n) is 15.1. The molecule has 0 spiro atoms. The van der Waals surface area contributed by atoms with Crippen LogP contribution in [-0.4, -0.2) is 19.9 Å². The van der Waals surface area contributed by atoms with Crippen LogP contribution in [-0.2, 0) is 5.41 Å². The summed E-state index contributed by atoms with van der Waals surface area (Å²) in [6.45, 7) is 9.09. The van der Waals surface area contributed by atoms with E-state index in [4.69, 9.17) is 28.8 Å². The standard InChI is InChI=1S/C50H34N4O2/c1-29-22-24-34(33-23-25-38-37(28-33)42-39(50(38,2)3)26-27-40-45(42)56-49(51-40)32-18-11-6-12-19-32)44-41(29)35-20-13-21-36(43(35)55-44)48-53-46(30-14-7-4-8-15-30)52-47(54-48)31-16-9-5-10-17-31/h4-21,23-28H,1,22H2,2-3H3. The third kappa shape index (κ3) is 4.89. The first kappa shape index (κ1) is 32.3. The van der Waals surface area contributed by atoms with Gasteiger partial charge in [0.05, 0.1) is 5.56 Å². The minimum atomic E-state index is -0.215. The van der Waals surface area contributed by atoms with E-state index in [0.29, 0.717) is 29.8 Å². The molecule has 3 heterocycles.